The lowest BCUT2D eigenvalue weighted by atomic mass is 9.84. The zero-order valence-corrected chi connectivity index (χ0v) is 14.7. The van der Waals surface area contributed by atoms with E-state index in [9.17, 15) is 14.4 Å². The first-order chi connectivity index (χ1) is 11.6. The van der Waals surface area contributed by atoms with E-state index in [2.05, 4.69) is 16.0 Å². The Morgan fingerprint density at radius 2 is 1.96 bits per heavy atom. The van der Waals surface area contributed by atoms with Crippen LogP contribution in [0.15, 0.2) is 0 Å². The molecule has 3 atom stereocenters. The number of carbonyl (C=O) groups excluding carboxylic acids is 3. The third-order valence-electron chi connectivity index (χ3n) is 5.31. The number of rotatable bonds is 8. The molecule has 3 amide bonds. The highest BCUT2D eigenvalue weighted by molar-refractivity contribution is 5.84. The molecule has 1 aliphatic carbocycles. The van der Waals surface area contributed by atoms with Gasteiger partial charge in [0.15, 0.2) is 0 Å². The predicted molar refractivity (Wildman–Crippen MR) is 92.1 cm³/mol. The van der Waals surface area contributed by atoms with Crippen molar-refractivity contribution in [1.29, 1.82) is 0 Å². The molecule has 1 aliphatic heterocycles. The van der Waals surface area contributed by atoms with E-state index in [1.54, 1.807) is 0 Å². The van der Waals surface area contributed by atoms with Gasteiger partial charge in [0.1, 0.15) is 6.04 Å². The second-order valence-corrected chi connectivity index (χ2v) is 7.35. The largest absolute Gasteiger partial charge is 0.356 e. The number of piperidine rings is 1. The second-order valence-electron chi connectivity index (χ2n) is 7.35. The summed E-state index contributed by atoms with van der Waals surface area (Å²) in [5.74, 6) is 0.453. The molecule has 2 rings (SSSR count). The molecule has 3 unspecified atom stereocenters. The first-order valence-corrected chi connectivity index (χ1v) is 9.38. The first kappa shape index (κ1) is 18.7. The molecule has 24 heavy (non-hydrogen) atoms. The van der Waals surface area contributed by atoms with Gasteiger partial charge >= 0.3 is 0 Å². The highest BCUT2D eigenvalue weighted by Gasteiger charge is 2.27. The van der Waals surface area contributed by atoms with Crippen molar-refractivity contribution < 1.29 is 14.4 Å². The summed E-state index contributed by atoms with van der Waals surface area (Å²) < 4.78 is 0. The molecular weight excluding hydrogens is 306 g/mol. The number of carbonyl (C=O) groups is 3. The van der Waals surface area contributed by atoms with Crippen molar-refractivity contribution in [2.75, 3.05) is 6.54 Å². The van der Waals surface area contributed by atoms with E-state index in [4.69, 9.17) is 0 Å². The van der Waals surface area contributed by atoms with Gasteiger partial charge in [0.25, 0.3) is 0 Å². The van der Waals surface area contributed by atoms with Gasteiger partial charge < -0.3 is 16.0 Å². The summed E-state index contributed by atoms with van der Waals surface area (Å²) in [6.07, 6.45) is 9.83. The maximum Gasteiger partial charge on any atom is 0.242 e. The summed E-state index contributed by atoms with van der Waals surface area (Å²) in [6, 6.07) is -0.540. The second kappa shape index (κ2) is 9.64. The van der Waals surface area contributed by atoms with Crippen LogP contribution in [-0.4, -0.2) is 36.9 Å². The maximum atomic E-state index is 12.5. The molecule has 0 bridgehead atoms. The van der Waals surface area contributed by atoms with Crippen LogP contribution in [0.25, 0.3) is 0 Å². The molecule has 0 aromatic carbocycles. The van der Waals surface area contributed by atoms with Crippen molar-refractivity contribution in [2.24, 2.45) is 11.8 Å². The Kier molecular flexibility index (Phi) is 7.53. The van der Waals surface area contributed by atoms with Gasteiger partial charge in [-0.25, -0.2) is 0 Å². The molecule has 0 aromatic rings. The molecule has 0 radical (unpaired) electrons. The van der Waals surface area contributed by atoms with Crippen molar-refractivity contribution in [3.63, 3.8) is 0 Å². The topological polar surface area (TPSA) is 87.3 Å². The maximum absolute atomic E-state index is 12.5. The average Bonchev–Trinajstić information content (AvgIpc) is 2.57. The molecule has 0 spiro atoms. The number of hydrogen-bond donors (Lipinski definition) is 3. The SMILES string of the molecule is CC(CC1CCCNC1=O)NC(=O)C(CC1CCCCC1)NC=O. The van der Waals surface area contributed by atoms with Gasteiger partial charge in [-0.1, -0.05) is 32.1 Å². The Morgan fingerprint density at radius 1 is 1.21 bits per heavy atom. The molecule has 1 heterocycles. The highest BCUT2D eigenvalue weighted by Crippen LogP contribution is 2.27. The highest BCUT2D eigenvalue weighted by atomic mass is 16.2. The summed E-state index contributed by atoms with van der Waals surface area (Å²) in [5.41, 5.74) is 0. The van der Waals surface area contributed by atoms with E-state index in [1.165, 1.54) is 19.3 Å². The van der Waals surface area contributed by atoms with Crippen molar-refractivity contribution in [2.45, 2.75) is 76.8 Å². The van der Waals surface area contributed by atoms with Gasteiger partial charge in [0, 0.05) is 18.5 Å². The molecular formula is C18H31N3O3. The van der Waals surface area contributed by atoms with E-state index in [1.807, 2.05) is 6.92 Å². The summed E-state index contributed by atoms with van der Waals surface area (Å²) >= 11 is 0. The molecule has 136 valence electrons. The van der Waals surface area contributed by atoms with Gasteiger partial charge in [0.2, 0.25) is 18.2 Å². The van der Waals surface area contributed by atoms with Gasteiger partial charge in [-0.3, -0.25) is 14.4 Å². The van der Waals surface area contributed by atoms with Crippen LogP contribution in [0.5, 0.6) is 0 Å². The van der Waals surface area contributed by atoms with Crippen molar-refractivity contribution in [1.82, 2.24) is 16.0 Å². The van der Waals surface area contributed by atoms with Crippen molar-refractivity contribution in [3.8, 4) is 0 Å². The van der Waals surface area contributed by atoms with Crippen LogP contribution in [0.3, 0.4) is 0 Å². The minimum absolute atomic E-state index is 0.0233. The van der Waals surface area contributed by atoms with E-state index in [-0.39, 0.29) is 23.8 Å². The predicted octanol–water partition coefficient (Wildman–Crippen LogP) is 1.49. The summed E-state index contributed by atoms with van der Waals surface area (Å²) in [7, 11) is 0. The van der Waals surface area contributed by atoms with Crippen LogP contribution in [-0.2, 0) is 14.4 Å². The number of hydrogen-bond acceptors (Lipinski definition) is 3. The molecule has 6 nitrogen and oxygen atoms in total. The third kappa shape index (κ3) is 5.80. The van der Waals surface area contributed by atoms with Crippen LogP contribution in [0, 0.1) is 11.8 Å². The fraction of sp³-hybridized carbons (Fsp3) is 0.833. The fourth-order valence-electron chi connectivity index (χ4n) is 3.98. The van der Waals surface area contributed by atoms with Crippen LogP contribution in [0.2, 0.25) is 0 Å². The zero-order chi connectivity index (χ0) is 17.4. The summed E-state index contributed by atoms with van der Waals surface area (Å²) in [4.78, 5) is 35.2. The first-order valence-electron chi connectivity index (χ1n) is 9.38. The van der Waals surface area contributed by atoms with Crippen LogP contribution >= 0.6 is 0 Å². The van der Waals surface area contributed by atoms with Gasteiger partial charge in [-0.15, -0.1) is 0 Å². The molecule has 3 N–H and O–H groups in total. The fourth-order valence-corrected chi connectivity index (χ4v) is 3.98. The van der Waals surface area contributed by atoms with E-state index >= 15 is 0 Å². The Bertz CT molecular complexity index is 435. The smallest absolute Gasteiger partial charge is 0.242 e. The Morgan fingerprint density at radius 3 is 2.62 bits per heavy atom. The molecule has 6 heteroatoms. The van der Waals surface area contributed by atoms with Gasteiger partial charge in [0.05, 0.1) is 0 Å². The minimum Gasteiger partial charge on any atom is -0.356 e. The molecule has 2 aliphatic rings. The Labute approximate surface area is 144 Å². The quantitative estimate of drug-likeness (QED) is 0.587. The lowest BCUT2D eigenvalue weighted by Gasteiger charge is -2.28. The lowest BCUT2D eigenvalue weighted by molar-refractivity contribution is -0.129. The van der Waals surface area contributed by atoms with Crippen LogP contribution in [0.4, 0.5) is 0 Å². The van der Waals surface area contributed by atoms with Crippen molar-refractivity contribution >= 4 is 18.2 Å². The van der Waals surface area contributed by atoms with Crippen molar-refractivity contribution in [3.05, 3.63) is 0 Å². The van der Waals surface area contributed by atoms with Crippen LogP contribution in [0.1, 0.15) is 64.7 Å². The number of amides is 3. The van der Waals surface area contributed by atoms with Crippen LogP contribution < -0.4 is 16.0 Å². The average molecular weight is 337 g/mol. The molecule has 1 saturated heterocycles. The van der Waals surface area contributed by atoms with Gasteiger partial charge in [-0.05, 0) is 38.5 Å². The van der Waals surface area contributed by atoms with E-state index < -0.39 is 6.04 Å². The van der Waals surface area contributed by atoms with E-state index in [0.29, 0.717) is 25.2 Å². The Balaban J connectivity index is 1.81. The monoisotopic (exact) mass is 337 g/mol. The zero-order valence-electron chi connectivity index (χ0n) is 14.7. The standard InChI is InChI=1S/C18H31N3O3/c1-13(10-15-8-5-9-19-17(15)23)21-18(24)16(20-12-22)11-14-6-3-2-4-7-14/h12-16H,2-11H2,1H3,(H,19,23)(H,20,22)(H,21,24). The molecule has 0 aromatic heterocycles. The molecule has 2 fully saturated rings. The number of nitrogens with one attached hydrogen (secondary N) is 3. The lowest BCUT2D eigenvalue weighted by Crippen LogP contribution is -2.49. The minimum atomic E-state index is -0.465. The third-order valence-corrected chi connectivity index (χ3v) is 5.31. The normalized spacial score (nSPS) is 24.5. The molecule has 1 saturated carbocycles. The van der Waals surface area contributed by atoms with Gasteiger partial charge in [-0.2, -0.15) is 0 Å². The summed E-state index contributed by atoms with van der Waals surface area (Å²) in [6.45, 7) is 2.68. The Hall–Kier alpha value is -1.59. The van der Waals surface area contributed by atoms with E-state index in [0.717, 1.165) is 32.2 Å². The summed E-state index contributed by atoms with van der Waals surface area (Å²) in [5, 5.41) is 8.54.